The zero-order valence-electron chi connectivity index (χ0n) is 4.68. The van der Waals surface area contributed by atoms with Crippen molar-refractivity contribution in [3.8, 4) is 0 Å². The Bertz CT molecular complexity index is 20.0. The molecule has 1 nitrogen and oxygen atoms in total. The quantitative estimate of drug-likeness (QED) is 0.732. The first kappa shape index (κ1) is 11.1. The molecule has 0 heterocycles. The molecule has 7 heavy (non-hydrogen) atoms. The summed E-state index contributed by atoms with van der Waals surface area (Å²) in [6.07, 6.45) is 3.33. The van der Waals surface area contributed by atoms with Gasteiger partial charge in [-0.1, -0.05) is 19.8 Å². The molecular weight excluding hydrogens is 226 g/mol. The van der Waals surface area contributed by atoms with Crippen LogP contribution in [0.5, 0.6) is 0 Å². The molecule has 0 spiro atoms. The van der Waals surface area contributed by atoms with Gasteiger partial charge in [-0.25, -0.2) is 0 Å². The Kier molecular flexibility index (Phi) is 16.4. The Morgan fingerprint density at radius 2 is 1.86 bits per heavy atom. The van der Waals surface area contributed by atoms with E-state index in [1.165, 1.54) is 6.42 Å². The van der Waals surface area contributed by atoms with Gasteiger partial charge in [0.1, 0.15) is 0 Å². The summed E-state index contributed by atoms with van der Waals surface area (Å²) in [5.74, 6) is 0. The SMILES string of the molecule is CCCCCO.[Sm]. The van der Waals surface area contributed by atoms with Crippen LogP contribution < -0.4 is 0 Å². The van der Waals surface area contributed by atoms with Crippen LogP contribution in [0.15, 0.2) is 0 Å². The molecule has 0 aromatic carbocycles. The van der Waals surface area contributed by atoms with E-state index in [2.05, 4.69) is 6.92 Å². The molecular formula is C5H12OSm. The minimum atomic E-state index is 0. The fraction of sp³-hybridized carbons (Fsp3) is 1.00. The number of unbranched alkanes of at least 4 members (excludes halogenated alkanes) is 2. The number of hydrogen-bond donors (Lipinski definition) is 1. The molecule has 0 aliphatic rings. The van der Waals surface area contributed by atoms with Crippen molar-refractivity contribution in [2.75, 3.05) is 6.61 Å². The van der Waals surface area contributed by atoms with Gasteiger partial charge in [0.05, 0.1) is 0 Å². The number of aliphatic hydroxyl groups excluding tert-OH is 1. The van der Waals surface area contributed by atoms with Crippen molar-refractivity contribution >= 4 is 0 Å². The number of aliphatic hydroxyl groups is 1. The van der Waals surface area contributed by atoms with Crippen molar-refractivity contribution in [3.05, 3.63) is 0 Å². The minimum absolute atomic E-state index is 0. The van der Waals surface area contributed by atoms with Gasteiger partial charge >= 0.3 is 0 Å². The molecule has 1 N–H and O–H groups in total. The molecule has 0 radical (unpaired) electrons. The summed E-state index contributed by atoms with van der Waals surface area (Å²) >= 11 is 0. The summed E-state index contributed by atoms with van der Waals surface area (Å²) in [5.41, 5.74) is 0. The summed E-state index contributed by atoms with van der Waals surface area (Å²) in [7, 11) is 0. The van der Waals surface area contributed by atoms with Crippen LogP contribution in [0.2, 0.25) is 0 Å². The molecule has 0 saturated heterocycles. The molecule has 0 atom stereocenters. The van der Waals surface area contributed by atoms with Gasteiger partial charge in [0.15, 0.2) is 0 Å². The van der Waals surface area contributed by atoms with E-state index in [9.17, 15) is 0 Å². The first-order valence-electron chi connectivity index (χ1n) is 2.52. The second-order valence-electron chi connectivity index (χ2n) is 1.43. The minimum Gasteiger partial charge on any atom is -0.396 e. The summed E-state index contributed by atoms with van der Waals surface area (Å²) in [5, 5.41) is 8.20. The van der Waals surface area contributed by atoms with Gasteiger partial charge in [0.2, 0.25) is 0 Å². The second kappa shape index (κ2) is 10.3. The number of hydrogen-bond acceptors (Lipinski definition) is 1. The summed E-state index contributed by atoms with van der Waals surface area (Å²) in [6, 6.07) is 0. The molecule has 0 bridgehead atoms. The molecule has 0 aromatic rings. The maximum Gasteiger partial charge on any atom is 0.0431 e. The van der Waals surface area contributed by atoms with Crippen molar-refractivity contribution in [2.45, 2.75) is 26.2 Å². The fourth-order valence-electron chi connectivity index (χ4n) is 0.362. The largest absolute Gasteiger partial charge is 0.396 e. The molecule has 0 unspecified atom stereocenters. The average Bonchev–Trinajstić information content (AvgIpc) is 1.61. The van der Waals surface area contributed by atoms with Crippen molar-refractivity contribution in [1.82, 2.24) is 0 Å². The van der Waals surface area contributed by atoms with E-state index in [1.54, 1.807) is 0 Å². The standard InChI is InChI=1S/C5H12O.Sm/c1-2-3-4-5-6;/h6H,2-5H2,1H3;. The molecule has 0 aromatic heterocycles. The zero-order chi connectivity index (χ0) is 4.83. The van der Waals surface area contributed by atoms with Crippen molar-refractivity contribution < 1.29 is 45.5 Å². The normalized spacial score (nSPS) is 7.71. The Morgan fingerprint density at radius 3 is 2.00 bits per heavy atom. The third-order valence-electron chi connectivity index (χ3n) is 0.762. The monoisotopic (exact) mass is 240 g/mol. The van der Waals surface area contributed by atoms with Gasteiger partial charge in [-0.3, -0.25) is 0 Å². The zero-order valence-corrected chi connectivity index (χ0v) is 7.30. The smallest absolute Gasteiger partial charge is 0.0431 e. The first-order chi connectivity index (χ1) is 2.91. The van der Waals surface area contributed by atoms with Crippen LogP contribution in [0.1, 0.15) is 26.2 Å². The molecule has 0 fully saturated rings. The van der Waals surface area contributed by atoms with Crippen molar-refractivity contribution in [2.24, 2.45) is 0 Å². The van der Waals surface area contributed by atoms with Gasteiger partial charge in [-0.2, -0.15) is 0 Å². The Labute approximate surface area is 77.6 Å². The van der Waals surface area contributed by atoms with E-state index >= 15 is 0 Å². The van der Waals surface area contributed by atoms with Gasteiger partial charge in [0.25, 0.3) is 0 Å². The van der Waals surface area contributed by atoms with Crippen LogP contribution in [0, 0.1) is 40.4 Å². The maximum absolute atomic E-state index is 8.20. The molecule has 2 heteroatoms. The molecule has 44 valence electrons. The van der Waals surface area contributed by atoms with E-state index in [4.69, 9.17) is 5.11 Å². The summed E-state index contributed by atoms with van der Waals surface area (Å²) in [6.45, 7) is 2.48. The predicted octanol–water partition coefficient (Wildman–Crippen LogP) is 1.17. The Hall–Kier alpha value is 1.30. The van der Waals surface area contributed by atoms with Gasteiger partial charge in [-0.15, -0.1) is 0 Å². The van der Waals surface area contributed by atoms with Crippen LogP contribution in [0.3, 0.4) is 0 Å². The Morgan fingerprint density at radius 1 is 1.29 bits per heavy atom. The van der Waals surface area contributed by atoms with Crippen LogP contribution in [0.4, 0.5) is 0 Å². The van der Waals surface area contributed by atoms with Crippen molar-refractivity contribution in [3.63, 3.8) is 0 Å². The molecule has 0 rings (SSSR count). The van der Waals surface area contributed by atoms with Crippen LogP contribution in [-0.2, 0) is 0 Å². The maximum atomic E-state index is 8.20. The van der Waals surface area contributed by atoms with E-state index in [0.717, 1.165) is 12.8 Å². The molecule has 0 aliphatic carbocycles. The third-order valence-corrected chi connectivity index (χ3v) is 0.762. The first-order valence-corrected chi connectivity index (χ1v) is 2.52. The van der Waals surface area contributed by atoms with Crippen LogP contribution in [0.25, 0.3) is 0 Å². The van der Waals surface area contributed by atoms with E-state index in [1.807, 2.05) is 0 Å². The van der Waals surface area contributed by atoms with Gasteiger partial charge in [0, 0.05) is 47.0 Å². The molecule has 0 saturated carbocycles. The Balaban J connectivity index is 0. The summed E-state index contributed by atoms with van der Waals surface area (Å²) in [4.78, 5) is 0. The fourth-order valence-corrected chi connectivity index (χ4v) is 0.362. The summed E-state index contributed by atoms with van der Waals surface area (Å²) < 4.78 is 0. The molecule has 0 aliphatic heterocycles. The number of rotatable bonds is 3. The van der Waals surface area contributed by atoms with Crippen LogP contribution >= 0.6 is 0 Å². The average molecular weight is 239 g/mol. The second-order valence-corrected chi connectivity index (χ2v) is 1.43. The van der Waals surface area contributed by atoms with E-state index in [-0.39, 0.29) is 40.4 Å². The van der Waals surface area contributed by atoms with Crippen molar-refractivity contribution in [1.29, 1.82) is 0 Å². The van der Waals surface area contributed by atoms with Gasteiger partial charge in [-0.05, 0) is 6.42 Å². The predicted molar refractivity (Wildman–Crippen MR) is 26.6 cm³/mol. The molecule has 0 amide bonds. The van der Waals surface area contributed by atoms with Gasteiger partial charge < -0.3 is 5.11 Å². The topological polar surface area (TPSA) is 20.2 Å². The third kappa shape index (κ3) is 11.1. The van der Waals surface area contributed by atoms with Crippen LogP contribution in [-0.4, -0.2) is 11.7 Å². The van der Waals surface area contributed by atoms with E-state index in [0.29, 0.717) is 6.61 Å². The van der Waals surface area contributed by atoms with E-state index < -0.39 is 0 Å².